The Morgan fingerprint density at radius 3 is 2.00 bits per heavy atom. The number of likely N-dealkylation sites (tertiary alicyclic amines) is 2. The third-order valence-corrected chi connectivity index (χ3v) is 4.41. The van der Waals surface area contributed by atoms with E-state index in [0.29, 0.717) is 0 Å². The lowest BCUT2D eigenvalue weighted by Crippen LogP contribution is -2.49. The van der Waals surface area contributed by atoms with E-state index in [1.807, 2.05) is 9.80 Å². The summed E-state index contributed by atoms with van der Waals surface area (Å²) in [4.78, 5) is 27.0. The van der Waals surface area contributed by atoms with Crippen molar-refractivity contribution in [3.8, 4) is 0 Å². The van der Waals surface area contributed by atoms with Crippen molar-refractivity contribution in [2.45, 2.75) is 39.2 Å². The highest BCUT2D eigenvalue weighted by Crippen LogP contribution is 2.40. The van der Waals surface area contributed by atoms with Crippen molar-refractivity contribution in [1.29, 1.82) is 0 Å². The van der Waals surface area contributed by atoms with Crippen LogP contribution in [0.5, 0.6) is 0 Å². The summed E-state index contributed by atoms with van der Waals surface area (Å²) in [6.45, 7) is 6.67. The fraction of sp³-hybridized carbons (Fsp3) is 0.846. The van der Waals surface area contributed by atoms with Gasteiger partial charge in [0.1, 0.15) is 0 Å². The molecule has 2 heterocycles. The molecule has 2 amide bonds. The molecule has 2 fully saturated rings. The molecule has 2 N–H and O–H groups in total. The van der Waals surface area contributed by atoms with E-state index in [9.17, 15) is 9.59 Å². The standard InChI is InChI=1S/C13H23N3O2/c1-10(14)12(18)15-6-3-13(4-7-15)5-8-16(9-13)11(2)17/h10H,3-9,14H2,1-2H3/t10-/m0/s1. The summed E-state index contributed by atoms with van der Waals surface area (Å²) in [6, 6.07) is -0.406. The van der Waals surface area contributed by atoms with Gasteiger partial charge in [0.05, 0.1) is 6.04 Å². The topological polar surface area (TPSA) is 66.6 Å². The van der Waals surface area contributed by atoms with Crippen LogP contribution in [0.15, 0.2) is 0 Å². The molecule has 18 heavy (non-hydrogen) atoms. The minimum atomic E-state index is -0.406. The normalized spacial score (nSPS) is 24.4. The van der Waals surface area contributed by atoms with Crippen molar-refractivity contribution in [1.82, 2.24) is 9.80 Å². The summed E-state index contributed by atoms with van der Waals surface area (Å²) >= 11 is 0. The predicted octanol–water partition coefficient (Wildman–Crippen LogP) is 0.195. The molecule has 0 unspecified atom stereocenters. The van der Waals surface area contributed by atoms with E-state index in [-0.39, 0.29) is 17.2 Å². The molecule has 0 aromatic carbocycles. The molecule has 1 atom stereocenters. The minimum Gasteiger partial charge on any atom is -0.342 e. The third kappa shape index (κ3) is 2.51. The van der Waals surface area contributed by atoms with Gasteiger partial charge in [0.25, 0.3) is 0 Å². The van der Waals surface area contributed by atoms with Crippen molar-refractivity contribution >= 4 is 11.8 Å². The van der Waals surface area contributed by atoms with Crippen molar-refractivity contribution in [3.63, 3.8) is 0 Å². The van der Waals surface area contributed by atoms with Gasteiger partial charge in [-0.3, -0.25) is 9.59 Å². The van der Waals surface area contributed by atoms with Gasteiger partial charge >= 0.3 is 0 Å². The zero-order valence-corrected chi connectivity index (χ0v) is 11.3. The number of nitrogens with zero attached hydrogens (tertiary/aromatic N) is 2. The van der Waals surface area contributed by atoms with Crippen LogP contribution >= 0.6 is 0 Å². The number of carbonyl (C=O) groups excluding carboxylic acids is 2. The Hall–Kier alpha value is -1.10. The average Bonchev–Trinajstić information content (AvgIpc) is 2.74. The van der Waals surface area contributed by atoms with Crippen LogP contribution in [-0.2, 0) is 9.59 Å². The smallest absolute Gasteiger partial charge is 0.239 e. The molecular weight excluding hydrogens is 230 g/mol. The summed E-state index contributed by atoms with van der Waals surface area (Å²) in [6.07, 6.45) is 3.07. The van der Waals surface area contributed by atoms with Crippen molar-refractivity contribution in [3.05, 3.63) is 0 Å². The molecule has 0 radical (unpaired) electrons. The van der Waals surface area contributed by atoms with Gasteiger partial charge in [-0.05, 0) is 31.6 Å². The molecule has 0 aliphatic carbocycles. The molecular formula is C13H23N3O2. The molecule has 2 rings (SSSR count). The second-order valence-corrected chi connectivity index (χ2v) is 5.80. The Kier molecular flexibility index (Phi) is 3.61. The lowest BCUT2D eigenvalue weighted by molar-refractivity contribution is -0.135. The molecule has 0 aromatic heterocycles. The molecule has 2 saturated heterocycles. The van der Waals surface area contributed by atoms with E-state index < -0.39 is 6.04 Å². The molecule has 0 aromatic rings. The third-order valence-electron chi connectivity index (χ3n) is 4.41. The fourth-order valence-electron chi connectivity index (χ4n) is 3.10. The van der Waals surface area contributed by atoms with Gasteiger partial charge in [0.2, 0.25) is 11.8 Å². The monoisotopic (exact) mass is 253 g/mol. The van der Waals surface area contributed by atoms with Gasteiger partial charge in [0.15, 0.2) is 0 Å². The van der Waals surface area contributed by atoms with E-state index >= 15 is 0 Å². The highest BCUT2D eigenvalue weighted by molar-refractivity contribution is 5.81. The SMILES string of the molecule is CC(=O)N1CCC2(CCN(C(=O)[C@H](C)N)CC2)C1. The summed E-state index contributed by atoms with van der Waals surface area (Å²) in [5.74, 6) is 0.215. The summed E-state index contributed by atoms with van der Waals surface area (Å²) in [5.41, 5.74) is 5.88. The first-order chi connectivity index (χ1) is 8.43. The maximum Gasteiger partial charge on any atom is 0.239 e. The Labute approximate surface area is 108 Å². The Balaban J connectivity index is 1.91. The molecule has 102 valence electrons. The lowest BCUT2D eigenvalue weighted by atomic mass is 9.77. The number of nitrogens with two attached hydrogens (primary N) is 1. The van der Waals surface area contributed by atoms with E-state index in [1.54, 1.807) is 13.8 Å². The van der Waals surface area contributed by atoms with Crippen LogP contribution in [0.1, 0.15) is 33.1 Å². The van der Waals surface area contributed by atoms with Crippen molar-refractivity contribution in [2.75, 3.05) is 26.2 Å². The molecule has 2 aliphatic rings. The van der Waals surface area contributed by atoms with Crippen molar-refractivity contribution < 1.29 is 9.59 Å². The second-order valence-electron chi connectivity index (χ2n) is 5.80. The number of carbonyl (C=O) groups is 2. The molecule has 5 heteroatoms. The zero-order chi connectivity index (χ0) is 13.3. The van der Waals surface area contributed by atoms with Crippen LogP contribution in [0.25, 0.3) is 0 Å². The van der Waals surface area contributed by atoms with Gasteiger partial charge in [0, 0.05) is 33.1 Å². The second kappa shape index (κ2) is 4.88. The van der Waals surface area contributed by atoms with Crippen LogP contribution in [-0.4, -0.2) is 53.8 Å². The highest BCUT2D eigenvalue weighted by atomic mass is 16.2. The first-order valence-corrected chi connectivity index (χ1v) is 6.73. The number of hydrogen-bond donors (Lipinski definition) is 1. The van der Waals surface area contributed by atoms with Gasteiger partial charge in [-0.1, -0.05) is 0 Å². The summed E-state index contributed by atoms with van der Waals surface area (Å²) in [5, 5.41) is 0. The number of rotatable bonds is 1. The lowest BCUT2D eigenvalue weighted by Gasteiger charge is -2.39. The maximum absolute atomic E-state index is 11.8. The quantitative estimate of drug-likeness (QED) is 0.725. The number of hydrogen-bond acceptors (Lipinski definition) is 3. The van der Waals surface area contributed by atoms with Crippen molar-refractivity contribution in [2.24, 2.45) is 11.1 Å². The zero-order valence-electron chi connectivity index (χ0n) is 11.3. The first-order valence-electron chi connectivity index (χ1n) is 6.73. The Bertz CT molecular complexity index is 346. The van der Waals surface area contributed by atoms with Gasteiger partial charge in [-0.2, -0.15) is 0 Å². The molecule has 0 bridgehead atoms. The number of amides is 2. The number of piperidine rings is 1. The highest BCUT2D eigenvalue weighted by Gasteiger charge is 2.42. The molecule has 0 saturated carbocycles. The molecule has 2 aliphatic heterocycles. The Morgan fingerprint density at radius 2 is 1.61 bits per heavy atom. The fourth-order valence-corrected chi connectivity index (χ4v) is 3.10. The van der Waals surface area contributed by atoms with E-state index in [1.165, 1.54) is 0 Å². The average molecular weight is 253 g/mol. The summed E-state index contributed by atoms with van der Waals surface area (Å²) in [7, 11) is 0. The van der Waals surface area contributed by atoms with Gasteiger partial charge < -0.3 is 15.5 Å². The van der Waals surface area contributed by atoms with E-state index in [4.69, 9.17) is 5.73 Å². The van der Waals surface area contributed by atoms with Crippen LogP contribution in [0, 0.1) is 5.41 Å². The molecule has 5 nitrogen and oxygen atoms in total. The maximum atomic E-state index is 11.8. The van der Waals surface area contributed by atoms with E-state index in [2.05, 4.69) is 0 Å². The summed E-state index contributed by atoms with van der Waals surface area (Å²) < 4.78 is 0. The van der Waals surface area contributed by atoms with Crippen LogP contribution < -0.4 is 5.73 Å². The van der Waals surface area contributed by atoms with Crippen LogP contribution in [0.4, 0.5) is 0 Å². The van der Waals surface area contributed by atoms with Gasteiger partial charge in [-0.15, -0.1) is 0 Å². The Morgan fingerprint density at radius 1 is 1.11 bits per heavy atom. The van der Waals surface area contributed by atoms with Gasteiger partial charge in [-0.25, -0.2) is 0 Å². The van der Waals surface area contributed by atoms with Crippen LogP contribution in [0.2, 0.25) is 0 Å². The van der Waals surface area contributed by atoms with Crippen LogP contribution in [0.3, 0.4) is 0 Å². The largest absolute Gasteiger partial charge is 0.342 e. The molecule has 1 spiro atoms. The van der Waals surface area contributed by atoms with E-state index in [0.717, 1.165) is 45.4 Å². The predicted molar refractivity (Wildman–Crippen MR) is 68.8 cm³/mol. The first kappa shape index (κ1) is 13.3. The minimum absolute atomic E-state index is 0.0475.